The van der Waals surface area contributed by atoms with Gasteiger partial charge in [-0.1, -0.05) is 6.07 Å². The summed E-state index contributed by atoms with van der Waals surface area (Å²) in [6, 6.07) is 6.59. The molecule has 0 bridgehead atoms. The number of rotatable bonds is 5. The Hall–Kier alpha value is -1.43. The van der Waals surface area contributed by atoms with E-state index < -0.39 is 0 Å². The first-order valence-corrected chi connectivity index (χ1v) is 9.10. The van der Waals surface area contributed by atoms with Crippen molar-refractivity contribution in [2.75, 3.05) is 37.0 Å². The van der Waals surface area contributed by atoms with Gasteiger partial charge in [-0.15, -0.1) is 0 Å². The summed E-state index contributed by atoms with van der Waals surface area (Å²) in [5.74, 6) is 4.31. The molecule has 0 radical (unpaired) electrons. The van der Waals surface area contributed by atoms with Gasteiger partial charge in [0.1, 0.15) is 5.82 Å². The van der Waals surface area contributed by atoms with Gasteiger partial charge in [0.25, 0.3) is 0 Å². The van der Waals surface area contributed by atoms with Crippen LogP contribution in [0, 0.1) is 0 Å². The first-order valence-electron chi connectivity index (χ1n) is 7.95. The zero-order valence-corrected chi connectivity index (χ0v) is 14.6. The number of hydrogen-bond acceptors (Lipinski definition) is 4. The van der Waals surface area contributed by atoms with Crippen LogP contribution >= 0.6 is 11.8 Å². The molecule has 22 heavy (non-hydrogen) atoms. The molecule has 2 rings (SSSR count). The highest BCUT2D eigenvalue weighted by Gasteiger charge is 2.14. The normalized spacial score (nSPS) is 18.9. The maximum Gasteiger partial charge on any atom is 0.191 e. The summed E-state index contributed by atoms with van der Waals surface area (Å²) in [5.41, 5.74) is 0.987. The molecule has 1 saturated heterocycles. The molecule has 1 aliphatic heterocycles. The van der Waals surface area contributed by atoms with Crippen LogP contribution in [0.5, 0.6) is 0 Å². The fourth-order valence-corrected chi connectivity index (χ4v) is 3.40. The van der Waals surface area contributed by atoms with Gasteiger partial charge < -0.3 is 15.5 Å². The van der Waals surface area contributed by atoms with Crippen molar-refractivity contribution >= 4 is 23.5 Å². The molecule has 2 N–H and O–H groups in total. The molecule has 122 valence electrons. The van der Waals surface area contributed by atoms with Crippen molar-refractivity contribution in [1.29, 1.82) is 0 Å². The lowest BCUT2D eigenvalue weighted by molar-refractivity contribution is 0.582. The lowest BCUT2D eigenvalue weighted by Gasteiger charge is -2.24. The highest BCUT2D eigenvalue weighted by molar-refractivity contribution is 7.99. The molecule has 1 aromatic heterocycles. The fourth-order valence-electron chi connectivity index (χ4n) is 2.33. The minimum atomic E-state index is 0.526. The van der Waals surface area contributed by atoms with E-state index in [2.05, 4.69) is 27.5 Å². The molecule has 1 unspecified atom stereocenters. The Kier molecular flexibility index (Phi) is 6.83. The van der Waals surface area contributed by atoms with Gasteiger partial charge in [0.05, 0.1) is 12.2 Å². The average molecular weight is 321 g/mol. The van der Waals surface area contributed by atoms with Crippen molar-refractivity contribution in [1.82, 2.24) is 15.6 Å². The lowest BCUT2D eigenvalue weighted by atomic mass is 10.2. The van der Waals surface area contributed by atoms with Gasteiger partial charge in [0.15, 0.2) is 5.96 Å². The number of hydrogen-bond donors (Lipinski definition) is 2. The highest BCUT2D eigenvalue weighted by atomic mass is 32.2. The van der Waals surface area contributed by atoms with E-state index in [0.717, 1.165) is 24.0 Å². The standard InChI is InChI=1S/C16H27N5S/c1-4-17-16(20-14-8-6-10-22-12-14)18-11-13-7-5-9-15(19-13)21(2)3/h5,7,9,14H,4,6,8,10-12H2,1-3H3,(H2,17,18,20). The molecule has 2 heterocycles. The van der Waals surface area contributed by atoms with Crippen LogP contribution in [0.4, 0.5) is 5.82 Å². The summed E-state index contributed by atoms with van der Waals surface area (Å²) in [5, 5.41) is 6.87. The Morgan fingerprint density at radius 2 is 2.32 bits per heavy atom. The van der Waals surface area contributed by atoms with E-state index in [1.165, 1.54) is 24.3 Å². The minimum Gasteiger partial charge on any atom is -0.363 e. The third-order valence-corrected chi connectivity index (χ3v) is 4.71. The summed E-state index contributed by atoms with van der Waals surface area (Å²) in [6.45, 7) is 3.56. The highest BCUT2D eigenvalue weighted by Crippen LogP contribution is 2.16. The van der Waals surface area contributed by atoms with Crippen LogP contribution in [-0.4, -0.2) is 49.1 Å². The minimum absolute atomic E-state index is 0.526. The van der Waals surface area contributed by atoms with Crippen molar-refractivity contribution in [3.05, 3.63) is 23.9 Å². The Morgan fingerprint density at radius 3 is 3.00 bits per heavy atom. The third-order valence-electron chi connectivity index (χ3n) is 3.49. The summed E-state index contributed by atoms with van der Waals surface area (Å²) in [6.07, 6.45) is 2.51. The van der Waals surface area contributed by atoms with Crippen LogP contribution in [0.2, 0.25) is 0 Å². The number of anilines is 1. The second-order valence-electron chi connectivity index (χ2n) is 5.64. The van der Waals surface area contributed by atoms with E-state index in [1.807, 2.05) is 49.0 Å². The maximum atomic E-state index is 4.68. The summed E-state index contributed by atoms with van der Waals surface area (Å²) < 4.78 is 0. The number of aromatic nitrogens is 1. The van der Waals surface area contributed by atoms with Gasteiger partial charge >= 0.3 is 0 Å². The SMILES string of the molecule is CCNC(=NCc1cccc(N(C)C)n1)NC1CCCSC1. The van der Waals surface area contributed by atoms with Crippen LogP contribution in [0.3, 0.4) is 0 Å². The molecule has 1 atom stereocenters. The third kappa shape index (κ3) is 5.40. The van der Waals surface area contributed by atoms with Crippen molar-refractivity contribution in [2.24, 2.45) is 4.99 Å². The summed E-state index contributed by atoms with van der Waals surface area (Å²) in [4.78, 5) is 11.3. The van der Waals surface area contributed by atoms with Gasteiger partial charge in [-0.05, 0) is 37.7 Å². The molecule has 0 saturated carbocycles. The van der Waals surface area contributed by atoms with E-state index in [9.17, 15) is 0 Å². The Morgan fingerprint density at radius 1 is 1.45 bits per heavy atom. The first-order chi connectivity index (χ1) is 10.7. The average Bonchev–Trinajstić information content (AvgIpc) is 2.54. The quantitative estimate of drug-likeness (QED) is 0.642. The Bertz CT molecular complexity index is 483. The predicted molar refractivity (Wildman–Crippen MR) is 96.9 cm³/mol. The van der Waals surface area contributed by atoms with Crippen molar-refractivity contribution in [2.45, 2.75) is 32.4 Å². The number of nitrogens with zero attached hydrogens (tertiary/aromatic N) is 3. The largest absolute Gasteiger partial charge is 0.363 e. The second kappa shape index (κ2) is 8.88. The van der Waals surface area contributed by atoms with Crippen LogP contribution in [0.25, 0.3) is 0 Å². The monoisotopic (exact) mass is 321 g/mol. The van der Waals surface area contributed by atoms with Gasteiger partial charge in [-0.2, -0.15) is 11.8 Å². The number of thioether (sulfide) groups is 1. The van der Waals surface area contributed by atoms with Gasteiger partial charge in [0, 0.05) is 32.4 Å². The van der Waals surface area contributed by atoms with E-state index in [0.29, 0.717) is 12.6 Å². The summed E-state index contributed by atoms with van der Waals surface area (Å²) >= 11 is 2.02. The van der Waals surface area contributed by atoms with E-state index in [4.69, 9.17) is 0 Å². The van der Waals surface area contributed by atoms with Crippen molar-refractivity contribution in [3.8, 4) is 0 Å². The van der Waals surface area contributed by atoms with Crippen LogP contribution in [0.1, 0.15) is 25.5 Å². The van der Waals surface area contributed by atoms with Crippen molar-refractivity contribution < 1.29 is 0 Å². The van der Waals surface area contributed by atoms with Gasteiger partial charge in [0.2, 0.25) is 0 Å². The lowest BCUT2D eigenvalue weighted by Crippen LogP contribution is -2.45. The molecule has 1 aliphatic rings. The fraction of sp³-hybridized carbons (Fsp3) is 0.625. The van der Waals surface area contributed by atoms with Crippen LogP contribution < -0.4 is 15.5 Å². The van der Waals surface area contributed by atoms with Crippen LogP contribution in [0.15, 0.2) is 23.2 Å². The molecule has 1 aromatic rings. The Balaban J connectivity index is 1.98. The smallest absolute Gasteiger partial charge is 0.191 e. The number of guanidine groups is 1. The molecule has 0 aliphatic carbocycles. The number of pyridine rings is 1. The van der Waals surface area contributed by atoms with E-state index in [-0.39, 0.29) is 0 Å². The van der Waals surface area contributed by atoms with Gasteiger partial charge in [-0.25, -0.2) is 9.98 Å². The summed E-state index contributed by atoms with van der Waals surface area (Å²) in [7, 11) is 4.00. The molecule has 6 heteroatoms. The molecule has 1 fully saturated rings. The van der Waals surface area contributed by atoms with Gasteiger partial charge in [-0.3, -0.25) is 0 Å². The molecule has 0 spiro atoms. The van der Waals surface area contributed by atoms with Crippen molar-refractivity contribution in [3.63, 3.8) is 0 Å². The molecule has 5 nitrogen and oxygen atoms in total. The zero-order chi connectivity index (χ0) is 15.8. The Labute approximate surface area is 138 Å². The van der Waals surface area contributed by atoms with E-state index in [1.54, 1.807) is 0 Å². The molecular formula is C16H27N5S. The predicted octanol–water partition coefficient (Wildman–Crippen LogP) is 2.10. The maximum absolute atomic E-state index is 4.68. The zero-order valence-electron chi connectivity index (χ0n) is 13.8. The molecule has 0 aromatic carbocycles. The van der Waals surface area contributed by atoms with E-state index >= 15 is 0 Å². The first kappa shape index (κ1) is 16.9. The second-order valence-corrected chi connectivity index (χ2v) is 6.78. The molecule has 0 amide bonds. The van der Waals surface area contributed by atoms with Crippen LogP contribution in [-0.2, 0) is 6.54 Å². The topological polar surface area (TPSA) is 52.6 Å². The number of aliphatic imine (C=N–C) groups is 1. The molecular weight excluding hydrogens is 294 g/mol. The number of nitrogens with one attached hydrogen (secondary N) is 2.